The van der Waals surface area contributed by atoms with Crippen molar-refractivity contribution in [3.63, 3.8) is 0 Å². The topological polar surface area (TPSA) is 64.1 Å². The molecule has 2 aromatic rings. The SMILES string of the molecule is CN=C(NCCCc1ccc(OC)cc1)Nc1ccc(OC)c(OC)c1.I. The van der Waals surface area contributed by atoms with Crippen molar-refractivity contribution in [1.82, 2.24) is 5.32 Å². The molecule has 0 saturated carbocycles. The van der Waals surface area contributed by atoms with Crippen LogP contribution >= 0.6 is 24.0 Å². The first kappa shape index (κ1) is 22.9. The van der Waals surface area contributed by atoms with Crippen LogP contribution in [-0.4, -0.2) is 40.9 Å². The van der Waals surface area contributed by atoms with Crippen LogP contribution in [0.1, 0.15) is 12.0 Å². The lowest BCUT2D eigenvalue weighted by Gasteiger charge is -2.14. The molecule has 0 aliphatic carbocycles. The number of nitrogens with one attached hydrogen (secondary N) is 2. The van der Waals surface area contributed by atoms with Gasteiger partial charge >= 0.3 is 0 Å². The number of aliphatic imine (C=N–C) groups is 1. The van der Waals surface area contributed by atoms with Gasteiger partial charge in [0, 0.05) is 25.3 Å². The zero-order valence-corrected chi connectivity index (χ0v) is 18.6. The second kappa shape index (κ2) is 12.3. The van der Waals surface area contributed by atoms with E-state index in [1.807, 2.05) is 30.3 Å². The van der Waals surface area contributed by atoms with E-state index in [4.69, 9.17) is 14.2 Å². The molecule has 7 heteroatoms. The number of benzene rings is 2. The maximum Gasteiger partial charge on any atom is 0.195 e. The highest BCUT2D eigenvalue weighted by Gasteiger charge is 2.06. The van der Waals surface area contributed by atoms with Crippen molar-refractivity contribution >= 4 is 35.6 Å². The van der Waals surface area contributed by atoms with Gasteiger partial charge in [0.25, 0.3) is 0 Å². The number of rotatable bonds is 8. The van der Waals surface area contributed by atoms with Crippen LogP contribution in [0.25, 0.3) is 0 Å². The van der Waals surface area contributed by atoms with Crippen LogP contribution in [0.2, 0.25) is 0 Å². The lowest BCUT2D eigenvalue weighted by molar-refractivity contribution is 0.355. The first-order valence-electron chi connectivity index (χ1n) is 8.52. The van der Waals surface area contributed by atoms with Gasteiger partial charge in [0.05, 0.1) is 21.3 Å². The average molecular weight is 485 g/mol. The fourth-order valence-corrected chi connectivity index (χ4v) is 2.52. The van der Waals surface area contributed by atoms with E-state index in [0.717, 1.165) is 30.8 Å². The number of anilines is 1. The Bertz CT molecular complexity index is 721. The summed E-state index contributed by atoms with van der Waals surface area (Å²) in [5, 5.41) is 6.57. The molecule has 2 aromatic carbocycles. The van der Waals surface area contributed by atoms with Gasteiger partial charge in [-0.05, 0) is 42.7 Å². The average Bonchev–Trinajstić information content (AvgIpc) is 2.70. The smallest absolute Gasteiger partial charge is 0.195 e. The van der Waals surface area contributed by atoms with Crippen molar-refractivity contribution in [1.29, 1.82) is 0 Å². The van der Waals surface area contributed by atoms with Gasteiger partial charge < -0.3 is 24.8 Å². The van der Waals surface area contributed by atoms with Crippen LogP contribution in [0.4, 0.5) is 5.69 Å². The number of ether oxygens (including phenoxy) is 3. The summed E-state index contributed by atoms with van der Waals surface area (Å²) in [7, 11) is 6.66. The van der Waals surface area contributed by atoms with Gasteiger partial charge in [-0.1, -0.05) is 12.1 Å². The van der Waals surface area contributed by atoms with Crippen LogP contribution in [0.5, 0.6) is 17.2 Å². The summed E-state index contributed by atoms with van der Waals surface area (Å²) in [6.45, 7) is 0.818. The maximum atomic E-state index is 5.32. The molecule has 0 fully saturated rings. The van der Waals surface area contributed by atoms with Gasteiger partial charge in [-0.2, -0.15) is 0 Å². The van der Waals surface area contributed by atoms with E-state index in [1.165, 1.54) is 5.56 Å². The van der Waals surface area contributed by atoms with Crippen molar-refractivity contribution in [2.75, 3.05) is 40.2 Å². The molecule has 0 bridgehead atoms. The van der Waals surface area contributed by atoms with Crippen molar-refractivity contribution in [2.45, 2.75) is 12.8 Å². The van der Waals surface area contributed by atoms with E-state index in [-0.39, 0.29) is 24.0 Å². The third-order valence-electron chi connectivity index (χ3n) is 3.96. The molecule has 0 aliphatic rings. The fourth-order valence-electron chi connectivity index (χ4n) is 2.52. The molecule has 6 nitrogen and oxygen atoms in total. The molecular weight excluding hydrogens is 457 g/mol. The molecular formula is C20H28IN3O3. The summed E-state index contributed by atoms with van der Waals surface area (Å²) in [5.41, 5.74) is 2.17. The monoisotopic (exact) mass is 485 g/mol. The number of methoxy groups -OCH3 is 3. The third-order valence-corrected chi connectivity index (χ3v) is 3.96. The van der Waals surface area contributed by atoms with Crippen molar-refractivity contribution in [3.8, 4) is 17.2 Å². The zero-order chi connectivity index (χ0) is 18.8. The molecule has 0 unspecified atom stereocenters. The Labute approximate surface area is 178 Å². The molecule has 0 aromatic heterocycles. The standard InChI is InChI=1S/C20H27N3O3.HI/c1-21-20(23-16-9-12-18(25-3)19(14-16)26-4)22-13-5-6-15-7-10-17(24-2)11-8-15;/h7-12,14H,5-6,13H2,1-4H3,(H2,21,22,23);1H. The summed E-state index contributed by atoms with van der Waals surface area (Å²) < 4.78 is 15.7. The molecule has 0 radical (unpaired) electrons. The van der Waals surface area contributed by atoms with E-state index in [0.29, 0.717) is 17.5 Å². The highest BCUT2D eigenvalue weighted by Crippen LogP contribution is 2.29. The Morgan fingerprint density at radius 3 is 2.22 bits per heavy atom. The molecule has 0 atom stereocenters. The first-order chi connectivity index (χ1) is 12.7. The molecule has 0 heterocycles. The predicted octanol–water partition coefficient (Wildman–Crippen LogP) is 3.95. The van der Waals surface area contributed by atoms with Crippen LogP contribution in [0, 0.1) is 0 Å². The van der Waals surface area contributed by atoms with Crippen LogP contribution in [-0.2, 0) is 6.42 Å². The van der Waals surface area contributed by atoms with E-state index < -0.39 is 0 Å². The molecule has 0 saturated heterocycles. The molecule has 0 spiro atoms. The largest absolute Gasteiger partial charge is 0.497 e. The number of aryl methyl sites for hydroxylation is 1. The summed E-state index contributed by atoms with van der Waals surface area (Å²) in [4.78, 5) is 4.25. The summed E-state index contributed by atoms with van der Waals surface area (Å²) in [6, 6.07) is 13.8. The Morgan fingerprint density at radius 2 is 1.63 bits per heavy atom. The van der Waals surface area contributed by atoms with Gasteiger partial charge in [0.1, 0.15) is 5.75 Å². The number of nitrogens with zero attached hydrogens (tertiary/aromatic N) is 1. The van der Waals surface area contributed by atoms with Crippen LogP contribution in [0.3, 0.4) is 0 Å². The van der Waals surface area contributed by atoms with E-state index in [1.54, 1.807) is 28.4 Å². The number of hydrogen-bond donors (Lipinski definition) is 2. The maximum absolute atomic E-state index is 5.32. The van der Waals surface area contributed by atoms with Crippen LogP contribution in [0.15, 0.2) is 47.5 Å². The minimum atomic E-state index is 0. The summed E-state index contributed by atoms with van der Waals surface area (Å²) >= 11 is 0. The molecule has 0 aliphatic heterocycles. The zero-order valence-electron chi connectivity index (χ0n) is 16.2. The number of halogens is 1. The van der Waals surface area contributed by atoms with Crippen LogP contribution < -0.4 is 24.8 Å². The summed E-state index contributed by atoms with van der Waals surface area (Å²) in [6.07, 6.45) is 1.99. The highest BCUT2D eigenvalue weighted by molar-refractivity contribution is 14.0. The lowest BCUT2D eigenvalue weighted by atomic mass is 10.1. The molecule has 2 N–H and O–H groups in total. The van der Waals surface area contributed by atoms with E-state index >= 15 is 0 Å². The molecule has 0 amide bonds. The molecule has 27 heavy (non-hydrogen) atoms. The minimum Gasteiger partial charge on any atom is -0.497 e. The quantitative estimate of drug-likeness (QED) is 0.257. The van der Waals surface area contributed by atoms with Gasteiger partial charge in [-0.3, -0.25) is 4.99 Å². The Hall–Kier alpha value is -2.16. The van der Waals surface area contributed by atoms with E-state index in [2.05, 4.69) is 27.8 Å². The van der Waals surface area contributed by atoms with Gasteiger partial charge in [0.2, 0.25) is 0 Å². The number of guanidine groups is 1. The number of hydrogen-bond acceptors (Lipinski definition) is 4. The van der Waals surface area contributed by atoms with Crippen molar-refractivity contribution in [2.24, 2.45) is 4.99 Å². The molecule has 148 valence electrons. The Balaban J connectivity index is 0.00000364. The Kier molecular flexibility index (Phi) is 10.4. The van der Waals surface area contributed by atoms with Crippen molar-refractivity contribution < 1.29 is 14.2 Å². The highest BCUT2D eigenvalue weighted by atomic mass is 127. The van der Waals surface area contributed by atoms with Crippen molar-refractivity contribution in [3.05, 3.63) is 48.0 Å². The summed E-state index contributed by atoms with van der Waals surface area (Å²) in [5.74, 6) is 2.96. The second-order valence-electron chi connectivity index (χ2n) is 5.65. The second-order valence-corrected chi connectivity index (χ2v) is 5.65. The van der Waals surface area contributed by atoms with Gasteiger partial charge in [-0.15, -0.1) is 24.0 Å². The fraction of sp³-hybridized carbons (Fsp3) is 0.350. The molecule has 2 rings (SSSR count). The minimum absolute atomic E-state index is 0. The lowest BCUT2D eigenvalue weighted by Crippen LogP contribution is -2.31. The van der Waals surface area contributed by atoms with Gasteiger partial charge in [0.15, 0.2) is 17.5 Å². The normalized spacial score (nSPS) is 10.6. The Morgan fingerprint density at radius 1 is 0.926 bits per heavy atom. The first-order valence-corrected chi connectivity index (χ1v) is 8.52. The third kappa shape index (κ3) is 7.16. The van der Waals surface area contributed by atoms with E-state index in [9.17, 15) is 0 Å². The predicted molar refractivity (Wildman–Crippen MR) is 121 cm³/mol. The van der Waals surface area contributed by atoms with Gasteiger partial charge in [-0.25, -0.2) is 0 Å².